The van der Waals surface area contributed by atoms with Gasteiger partial charge in [-0.15, -0.1) is 0 Å². The summed E-state index contributed by atoms with van der Waals surface area (Å²) in [5.74, 6) is 0.398. The molecule has 0 bridgehead atoms. The number of hydrogen-bond acceptors (Lipinski definition) is 3. The number of carbonyl (C=O) groups is 1. The van der Waals surface area contributed by atoms with Gasteiger partial charge in [-0.05, 0) is 26.3 Å². The molecule has 4 heteroatoms. The average Bonchev–Trinajstić information content (AvgIpc) is 2.28. The molecule has 1 unspecified atom stereocenters. The third-order valence-electron chi connectivity index (χ3n) is 3.06. The maximum atomic E-state index is 12.0. The van der Waals surface area contributed by atoms with Crippen LogP contribution in [-0.2, 0) is 9.53 Å². The Morgan fingerprint density at radius 2 is 2.40 bits per heavy atom. The lowest BCUT2D eigenvalue weighted by atomic mass is 9.98. The highest BCUT2D eigenvalue weighted by molar-refractivity contribution is 5.79. The number of rotatable bonds is 4. The minimum Gasteiger partial charge on any atom is -0.383 e. The third kappa shape index (κ3) is 3.47. The summed E-state index contributed by atoms with van der Waals surface area (Å²) in [7, 11) is 3.53. The predicted octanol–water partition coefficient (Wildman–Crippen LogP) is 0.479. The largest absolute Gasteiger partial charge is 0.383 e. The van der Waals surface area contributed by atoms with Crippen LogP contribution >= 0.6 is 0 Å². The number of carbonyl (C=O) groups excluding carboxylic acids is 1. The van der Waals surface area contributed by atoms with Crippen molar-refractivity contribution in [1.29, 1.82) is 0 Å². The van der Waals surface area contributed by atoms with Crippen LogP contribution in [0.25, 0.3) is 0 Å². The highest BCUT2D eigenvalue weighted by atomic mass is 16.5. The van der Waals surface area contributed by atoms with Gasteiger partial charge in [-0.25, -0.2) is 0 Å². The number of piperidine rings is 1. The summed E-state index contributed by atoms with van der Waals surface area (Å²) in [5, 5.41) is 3.26. The van der Waals surface area contributed by atoms with E-state index >= 15 is 0 Å². The molecule has 1 heterocycles. The van der Waals surface area contributed by atoms with Crippen LogP contribution in [0.5, 0.6) is 0 Å². The van der Waals surface area contributed by atoms with Gasteiger partial charge in [-0.3, -0.25) is 4.79 Å². The van der Waals surface area contributed by atoms with Gasteiger partial charge in [0.2, 0.25) is 5.91 Å². The van der Waals surface area contributed by atoms with Gasteiger partial charge in [-0.2, -0.15) is 0 Å². The van der Waals surface area contributed by atoms with E-state index in [1.807, 2.05) is 14.0 Å². The molecule has 1 N–H and O–H groups in total. The van der Waals surface area contributed by atoms with Crippen molar-refractivity contribution in [2.45, 2.75) is 25.8 Å². The van der Waals surface area contributed by atoms with Gasteiger partial charge in [0, 0.05) is 20.7 Å². The van der Waals surface area contributed by atoms with E-state index in [-0.39, 0.29) is 17.9 Å². The average molecular weight is 214 g/mol. The first-order chi connectivity index (χ1) is 7.16. The number of likely N-dealkylation sites (N-methyl/N-ethyl adjacent to an activating group) is 1. The van der Waals surface area contributed by atoms with Crippen molar-refractivity contribution < 1.29 is 9.53 Å². The molecule has 1 saturated heterocycles. The molecule has 1 amide bonds. The summed E-state index contributed by atoms with van der Waals surface area (Å²) in [6, 6.07) is 0.157. The summed E-state index contributed by atoms with van der Waals surface area (Å²) in [5.41, 5.74) is 0. The molecule has 0 radical (unpaired) electrons. The van der Waals surface area contributed by atoms with E-state index in [9.17, 15) is 4.79 Å². The number of nitrogens with one attached hydrogen (secondary N) is 1. The van der Waals surface area contributed by atoms with E-state index in [1.165, 1.54) is 0 Å². The highest BCUT2D eigenvalue weighted by Crippen LogP contribution is 2.14. The lowest BCUT2D eigenvalue weighted by Gasteiger charge is -2.30. The number of methoxy groups -OCH3 is 1. The number of amides is 1. The topological polar surface area (TPSA) is 41.6 Å². The van der Waals surface area contributed by atoms with Gasteiger partial charge in [0.05, 0.1) is 18.6 Å². The van der Waals surface area contributed by atoms with E-state index in [2.05, 4.69) is 5.32 Å². The Balaban J connectivity index is 2.43. The summed E-state index contributed by atoms with van der Waals surface area (Å²) >= 11 is 0. The van der Waals surface area contributed by atoms with Crippen molar-refractivity contribution in [2.24, 2.45) is 5.92 Å². The van der Waals surface area contributed by atoms with Gasteiger partial charge in [-0.1, -0.05) is 0 Å². The molecule has 0 aromatic rings. The lowest BCUT2D eigenvalue weighted by molar-refractivity contribution is -0.137. The Hall–Kier alpha value is -0.610. The summed E-state index contributed by atoms with van der Waals surface area (Å²) < 4.78 is 5.05. The molecule has 0 aliphatic carbocycles. The summed E-state index contributed by atoms with van der Waals surface area (Å²) in [6.07, 6.45) is 2.11. The van der Waals surface area contributed by atoms with Crippen molar-refractivity contribution in [3.63, 3.8) is 0 Å². The first-order valence-electron chi connectivity index (χ1n) is 5.63. The van der Waals surface area contributed by atoms with Crippen LogP contribution in [0.1, 0.15) is 19.8 Å². The maximum absolute atomic E-state index is 12.0. The Morgan fingerprint density at radius 3 is 2.93 bits per heavy atom. The number of hydrogen-bond donors (Lipinski definition) is 1. The number of nitrogens with zero attached hydrogens (tertiary/aromatic N) is 1. The standard InChI is InChI=1S/C11H22N2O2/c1-9(8-15-3)13(2)11(14)10-5-4-6-12-7-10/h9-10,12H,4-8H2,1-3H3/t9?,10-/m1/s1. The molecule has 1 aliphatic rings. The minimum absolute atomic E-state index is 0.156. The van der Waals surface area contributed by atoms with Crippen molar-refractivity contribution in [1.82, 2.24) is 10.2 Å². The molecule has 2 atom stereocenters. The lowest BCUT2D eigenvalue weighted by Crippen LogP contribution is -2.45. The van der Waals surface area contributed by atoms with E-state index in [4.69, 9.17) is 4.74 Å². The second-order valence-corrected chi connectivity index (χ2v) is 4.30. The Bertz CT molecular complexity index is 203. The van der Waals surface area contributed by atoms with Crippen LogP contribution in [0.2, 0.25) is 0 Å². The maximum Gasteiger partial charge on any atom is 0.227 e. The first-order valence-corrected chi connectivity index (χ1v) is 5.63. The highest BCUT2D eigenvalue weighted by Gasteiger charge is 2.26. The fourth-order valence-corrected chi connectivity index (χ4v) is 1.92. The second-order valence-electron chi connectivity index (χ2n) is 4.30. The predicted molar refractivity (Wildman–Crippen MR) is 59.7 cm³/mol. The molecule has 0 spiro atoms. The summed E-state index contributed by atoms with van der Waals surface area (Å²) in [4.78, 5) is 13.9. The van der Waals surface area contributed by atoms with E-state index in [1.54, 1.807) is 12.0 Å². The quantitative estimate of drug-likeness (QED) is 0.740. The molecule has 15 heavy (non-hydrogen) atoms. The van der Waals surface area contributed by atoms with Gasteiger partial charge < -0.3 is 15.0 Å². The minimum atomic E-state index is 0.156. The molecule has 0 saturated carbocycles. The molecule has 4 nitrogen and oxygen atoms in total. The molecule has 0 aromatic carbocycles. The zero-order valence-electron chi connectivity index (χ0n) is 9.95. The van der Waals surface area contributed by atoms with Gasteiger partial charge >= 0.3 is 0 Å². The van der Waals surface area contributed by atoms with E-state index in [0.717, 1.165) is 25.9 Å². The molecule has 1 rings (SSSR count). The molecular formula is C11H22N2O2. The smallest absolute Gasteiger partial charge is 0.227 e. The SMILES string of the molecule is COCC(C)N(C)C(=O)[C@@H]1CCCNC1. The van der Waals surface area contributed by atoms with Crippen LogP contribution in [0.15, 0.2) is 0 Å². The van der Waals surface area contributed by atoms with Crippen molar-refractivity contribution in [2.75, 3.05) is 33.9 Å². The number of ether oxygens (including phenoxy) is 1. The van der Waals surface area contributed by atoms with Crippen LogP contribution in [0.3, 0.4) is 0 Å². The fraction of sp³-hybridized carbons (Fsp3) is 0.909. The molecule has 0 aromatic heterocycles. The first kappa shape index (κ1) is 12.5. The van der Waals surface area contributed by atoms with Crippen molar-refractivity contribution in [3.05, 3.63) is 0 Å². The van der Waals surface area contributed by atoms with E-state index in [0.29, 0.717) is 6.61 Å². The second kappa shape index (κ2) is 6.08. The van der Waals surface area contributed by atoms with Gasteiger partial charge in [0.1, 0.15) is 0 Å². The third-order valence-corrected chi connectivity index (χ3v) is 3.06. The van der Waals surface area contributed by atoms with Crippen LogP contribution < -0.4 is 5.32 Å². The normalized spacial score (nSPS) is 23.5. The van der Waals surface area contributed by atoms with Crippen molar-refractivity contribution >= 4 is 5.91 Å². The Kier molecular flexibility index (Phi) is 5.05. The Morgan fingerprint density at radius 1 is 1.67 bits per heavy atom. The van der Waals surface area contributed by atoms with Gasteiger partial charge in [0.15, 0.2) is 0 Å². The van der Waals surface area contributed by atoms with Crippen molar-refractivity contribution in [3.8, 4) is 0 Å². The fourth-order valence-electron chi connectivity index (χ4n) is 1.92. The molecule has 1 fully saturated rings. The van der Waals surface area contributed by atoms with Gasteiger partial charge in [0.25, 0.3) is 0 Å². The van der Waals surface area contributed by atoms with E-state index < -0.39 is 0 Å². The summed E-state index contributed by atoms with van der Waals surface area (Å²) in [6.45, 7) is 4.48. The van der Waals surface area contributed by atoms with Crippen LogP contribution in [-0.4, -0.2) is 50.7 Å². The monoisotopic (exact) mass is 214 g/mol. The zero-order valence-corrected chi connectivity index (χ0v) is 9.95. The van der Waals surface area contributed by atoms with Crippen LogP contribution in [0, 0.1) is 5.92 Å². The zero-order chi connectivity index (χ0) is 11.3. The molecular weight excluding hydrogens is 192 g/mol. The Labute approximate surface area is 92.0 Å². The molecule has 1 aliphatic heterocycles. The van der Waals surface area contributed by atoms with Crippen LogP contribution in [0.4, 0.5) is 0 Å². The molecule has 88 valence electrons.